The Balaban J connectivity index is 2.17. The first kappa shape index (κ1) is 15.5. The van der Waals surface area contributed by atoms with Crippen molar-refractivity contribution in [3.05, 3.63) is 36.0 Å². The van der Waals surface area contributed by atoms with Crippen LogP contribution in [0.5, 0.6) is 0 Å². The van der Waals surface area contributed by atoms with Crippen LogP contribution in [0.25, 0.3) is 10.9 Å². The fourth-order valence-electron chi connectivity index (χ4n) is 2.47. The van der Waals surface area contributed by atoms with E-state index in [9.17, 15) is 4.79 Å². The number of carbonyl (C=O) groups excluding carboxylic acids is 1. The summed E-state index contributed by atoms with van der Waals surface area (Å²) in [5.41, 5.74) is 8.15. The number of para-hydroxylation sites is 1. The van der Waals surface area contributed by atoms with Crippen LogP contribution in [0.3, 0.4) is 0 Å². The predicted molar refractivity (Wildman–Crippen MR) is 84.2 cm³/mol. The third-order valence-corrected chi connectivity index (χ3v) is 3.36. The number of rotatable bonds is 7. The summed E-state index contributed by atoms with van der Waals surface area (Å²) in [4.78, 5) is 12.0. The molecule has 5 heteroatoms. The number of fused-ring (bicyclic) bond motifs is 1. The van der Waals surface area contributed by atoms with Gasteiger partial charge in [0.1, 0.15) is 6.54 Å². The Labute approximate surface area is 125 Å². The quantitative estimate of drug-likeness (QED) is 0.755. The van der Waals surface area contributed by atoms with Crippen molar-refractivity contribution >= 4 is 16.8 Å². The van der Waals surface area contributed by atoms with Gasteiger partial charge in [-0.2, -0.15) is 0 Å². The molecule has 5 nitrogen and oxygen atoms in total. The van der Waals surface area contributed by atoms with Crippen LogP contribution in [0.4, 0.5) is 0 Å². The standard InChI is InChI=1S/C16H23N3O2/c1-12(17)9-13-10-19(11-16(20)18-7-8-21-2)15-6-4-3-5-14(13)15/h3-6,10,12H,7-9,11,17H2,1-2H3,(H,18,20). The highest BCUT2D eigenvalue weighted by Gasteiger charge is 2.11. The molecule has 1 amide bonds. The summed E-state index contributed by atoms with van der Waals surface area (Å²) in [5.74, 6) is -0.0137. The fraction of sp³-hybridized carbons (Fsp3) is 0.438. The van der Waals surface area contributed by atoms with Gasteiger partial charge in [0, 0.05) is 36.8 Å². The molecule has 0 saturated heterocycles. The van der Waals surface area contributed by atoms with Gasteiger partial charge < -0.3 is 20.4 Å². The SMILES string of the molecule is COCCNC(=O)Cn1cc(CC(C)N)c2ccccc21. The molecule has 2 aromatic rings. The molecule has 1 unspecified atom stereocenters. The molecule has 21 heavy (non-hydrogen) atoms. The Bertz CT molecular complexity index is 605. The average molecular weight is 289 g/mol. The van der Waals surface area contributed by atoms with E-state index in [0.29, 0.717) is 19.7 Å². The molecule has 0 aliphatic rings. The van der Waals surface area contributed by atoms with Crippen LogP contribution in [0, 0.1) is 0 Å². The average Bonchev–Trinajstić information content (AvgIpc) is 2.77. The largest absolute Gasteiger partial charge is 0.383 e. The number of methoxy groups -OCH3 is 1. The van der Waals surface area contributed by atoms with Crippen molar-refractivity contribution < 1.29 is 9.53 Å². The van der Waals surface area contributed by atoms with Crippen molar-refractivity contribution in [2.75, 3.05) is 20.3 Å². The second kappa shape index (κ2) is 7.24. The van der Waals surface area contributed by atoms with Crippen molar-refractivity contribution in [1.29, 1.82) is 0 Å². The molecule has 1 heterocycles. The van der Waals surface area contributed by atoms with Gasteiger partial charge in [0.15, 0.2) is 0 Å². The van der Waals surface area contributed by atoms with Crippen LogP contribution in [-0.4, -0.2) is 36.8 Å². The Hall–Kier alpha value is -1.85. The summed E-state index contributed by atoms with van der Waals surface area (Å²) in [6.45, 7) is 3.35. The van der Waals surface area contributed by atoms with E-state index in [1.54, 1.807) is 7.11 Å². The molecule has 0 spiro atoms. The van der Waals surface area contributed by atoms with Gasteiger partial charge in [-0.1, -0.05) is 18.2 Å². The maximum Gasteiger partial charge on any atom is 0.240 e. The molecule has 1 atom stereocenters. The van der Waals surface area contributed by atoms with Crippen LogP contribution in [-0.2, 0) is 22.5 Å². The van der Waals surface area contributed by atoms with Crippen LogP contribution in [0.15, 0.2) is 30.5 Å². The highest BCUT2D eigenvalue weighted by molar-refractivity contribution is 5.86. The molecular weight excluding hydrogens is 266 g/mol. The number of nitrogens with two attached hydrogens (primary N) is 1. The lowest BCUT2D eigenvalue weighted by Crippen LogP contribution is -2.30. The maximum absolute atomic E-state index is 12.0. The number of hydrogen-bond acceptors (Lipinski definition) is 3. The summed E-state index contributed by atoms with van der Waals surface area (Å²) in [6.07, 6.45) is 2.84. The molecule has 1 aromatic carbocycles. The molecule has 0 aliphatic carbocycles. The lowest BCUT2D eigenvalue weighted by atomic mass is 10.1. The predicted octanol–water partition coefficient (Wildman–Crippen LogP) is 1.29. The van der Waals surface area contributed by atoms with E-state index in [0.717, 1.165) is 11.9 Å². The normalized spacial score (nSPS) is 12.5. The molecule has 2 rings (SSSR count). The number of carbonyl (C=O) groups is 1. The van der Waals surface area contributed by atoms with E-state index in [-0.39, 0.29) is 11.9 Å². The van der Waals surface area contributed by atoms with Gasteiger partial charge in [-0.05, 0) is 25.0 Å². The summed E-state index contributed by atoms with van der Waals surface area (Å²) in [6, 6.07) is 8.20. The van der Waals surface area contributed by atoms with Gasteiger partial charge in [0.25, 0.3) is 0 Å². The van der Waals surface area contributed by atoms with Crippen LogP contribution in [0.1, 0.15) is 12.5 Å². The number of aromatic nitrogens is 1. The lowest BCUT2D eigenvalue weighted by molar-refractivity contribution is -0.121. The smallest absolute Gasteiger partial charge is 0.240 e. The van der Waals surface area contributed by atoms with E-state index >= 15 is 0 Å². The lowest BCUT2D eigenvalue weighted by Gasteiger charge is -2.06. The molecule has 114 valence electrons. The molecule has 0 radical (unpaired) electrons. The molecule has 0 saturated carbocycles. The van der Waals surface area contributed by atoms with Gasteiger partial charge in [-0.25, -0.2) is 0 Å². The summed E-state index contributed by atoms with van der Waals surface area (Å²) < 4.78 is 6.91. The Morgan fingerprint density at radius 2 is 2.19 bits per heavy atom. The molecule has 0 bridgehead atoms. The van der Waals surface area contributed by atoms with Gasteiger partial charge in [-0.3, -0.25) is 4.79 Å². The topological polar surface area (TPSA) is 69.3 Å². The van der Waals surface area contributed by atoms with Crippen molar-refractivity contribution in [3.8, 4) is 0 Å². The van der Waals surface area contributed by atoms with Gasteiger partial charge in [0.05, 0.1) is 6.61 Å². The minimum Gasteiger partial charge on any atom is -0.383 e. The van der Waals surface area contributed by atoms with Gasteiger partial charge in [-0.15, -0.1) is 0 Å². The first-order valence-corrected chi connectivity index (χ1v) is 7.19. The Morgan fingerprint density at radius 1 is 1.43 bits per heavy atom. The second-order valence-electron chi connectivity index (χ2n) is 5.32. The summed E-state index contributed by atoms with van der Waals surface area (Å²) in [7, 11) is 1.62. The third-order valence-electron chi connectivity index (χ3n) is 3.36. The number of amides is 1. The first-order chi connectivity index (χ1) is 10.1. The highest BCUT2D eigenvalue weighted by Crippen LogP contribution is 2.22. The minimum atomic E-state index is -0.0137. The highest BCUT2D eigenvalue weighted by atomic mass is 16.5. The number of nitrogens with zero attached hydrogens (tertiary/aromatic N) is 1. The second-order valence-corrected chi connectivity index (χ2v) is 5.32. The van der Waals surface area contributed by atoms with Gasteiger partial charge in [0.2, 0.25) is 5.91 Å². The number of nitrogens with one attached hydrogen (secondary N) is 1. The fourth-order valence-corrected chi connectivity index (χ4v) is 2.47. The summed E-state index contributed by atoms with van der Waals surface area (Å²) >= 11 is 0. The monoisotopic (exact) mass is 289 g/mol. The molecule has 0 fully saturated rings. The molecule has 3 N–H and O–H groups in total. The third kappa shape index (κ3) is 4.06. The zero-order valence-corrected chi connectivity index (χ0v) is 12.6. The van der Waals surface area contributed by atoms with Crippen molar-refractivity contribution in [1.82, 2.24) is 9.88 Å². The molecular formula is C16H23N3O2. The van der Waals surface area contributed by atoms with Gasteiger partial charge >= 0.3 is 0 Å². The van der Waals surface area contributed by atoms with E-state index in [1.165, 1.54) is 10.9 Å². The molecule has 0 aliphatic heterocycles. The molecule has 1 aromatic heterocycles. The summed E-state index contributed by atoms with van der Waals surface area (Å²) in [5, 5.41) is 4.00. The Morgan fingerprint density at radius 3 is 2.90 bits per heavy atom. The maximum atomic E-state index is 12.0. The zero-order chi connectivity index (χ0) is 15.2. The van der Waals surface area contributed by atoms with Crippen molar-refractivity contribution in [3.63, 3.8) is 0 Å². The van der Waals surface area contributed by atoms with E-state index in [2.05, 4.69) is 11.4 Å². The van der Waals surface area contributed by atoms with Crippen LogP contribution in [0.2, 0.25) is 0 Å². The van der Waals surface area contributed by atoms with E-state index in [1.807, 2.05) is 35.9 Å². The van der Waals surface area contributed by atoms with E-state index < -0.39 is 0 Å². The van der Waals surface area contributed by atoms with Crippen LogP contribution >= 0.6 is 0 Å². The number of benzene rings is 1. The van der Waals surface area contributed by atoms with Crippen LogP contribution < -0.4 is 11.1 Å². The Kier molecular flexibility index (Phi) is 5.36. The zero-order valence-electron chi connectivity index (χ0n) is 12.6. The van der Waals surface area contributed by atoms with Crippen molar-refractivity contribution in [2.24, 2.45) is 5.73 Å². The van der Waals surface area contributed by atoms with E-state index in [4.69, 9.17) is 10.5 Å². The van der Waals surface area contributed by atoms with Crippen molar-refractivity contribution in [2.45, 2.75) is 25.9 Å². The number of ether oxygens (including phenoxy) is 1. The first-order valence-electron chi connectivity index (χ1n) is 7.19. The minimum absolute atomic E-state index is 0.0137. The number of hydrogen-bond donors (Lipinski definition) is 2.